The van der Waals surface area contributed by atoms with E-state index in [1.54, 1.807) is 42.5 Å². The normalized spacial score (nSPS) is 10.3. The van der Waals surface area contributed by atoms with Crippen LogP contribution in [0.2, 0.25) is 0 Å². The molecule has 0 aliphatic carbocycles. The smallest absolute Gasteiger partial charge is 0.331 e. The summed E-state index contributed by atoms with van der Waals surface area (Å²) in [5.41, 5.74) is 1.61. The summed E-state index contributed by atoms with van der Waals surface area (Å²) < 4.78 is 15.5. The Balaban J connectivity index is 1.88. The minimum Gasteiger partial charge on any atom is -0.493 e. The van der Waals surface area contributed by atoms with Gasteiger partial charge in [0.05, 0.1) is 7.11 Å². The number of anilines is 1. The summed E-state index contributed by atoms with van der Waals surface area (Å²) in [5, 5.41) is 11.3. The van der Waals surface area contributed by atoms with Gasteiger partial charge in [-0.2, -0.15) is 5.26 Å². The number of Topliss-reactive ketones (excluding diaryl/α,β-unsaturated/α-hetero) is 1. The zero-order chi connectivity index (χ0) is 23.3. The van der Waals surface area contributed by atoms with Gasteiger partial charge in [0.1, 0.15) is 6.07 Å². The number of amides is 1. The third-order valence-corrected chi connectivity index (χ3v) is 4.20. The van der Waals surface area contributed by atoms with Crippen molar-refractivity contribution in [2.75, 3.05) is 25.6 Å². The second-order valence-corrected chi connectivity index (χ2v) is 6.60. The summed E-state index contributed by atoms with van der Waals surface area (Å²) >= 11 is 0. The van der Waals surface area contributed by atoms with Crippen molar-refractivity contribution in [2.24, 2.45) is 0 Å². The first-order valence-corrected chi connectivity index (χ1v) is 9.92. The molecule has 32 heavy (non-hydrogen) atoms. The number of esters is 1. The Hall–Kier alpha value is -4.12. The van der Waals surface area contributed by atoms with E-state index in [0.717, 1.165) is 6.42 Å². The van der Waals surface area contributed by atoms with Gasteiger partial charge in [0.2, 0.25) is 5.91 Å². The SMILES string of the molecule is CCCC(=O)Nc1ccc(C(=O)COC(=O)/C=C/c2ccc(OCC#N)c(OC)c2)cc1. The number of benzene rings is 2. The molecule has 8 heteroatoms. The molecule has 0 saturated carbocycles. The average molecular weight is 436 g/mol. The maximum Gasteiger partial charge on any atom is 0.331 e. The van der Waals surface area contributed by atoms with Gasteiger partial charge in [-0.15, -0.1) is 0 Å². The van der Waals surface area contributed by atoms with Gasteiger partial charge in [0, 0.05) is 23.7 Å². The molecule has 0 aromatic heterocycles. The molecule has 2 aromatic rings. The van der Waals surface area contributed by atoms with Crippen molar-refractivity contribution in [1.29, 1.82) is 5.26 Å². The van der Waals surface area contributed by atoms with E-state index in [-0.39, 0.29) is 18.3 Å². The highest BCUT2D eigenvalue weighted by Gasteiger charge is 2.10. The van der Waals surface area contributed by atoms with Crippen LogP contribution in [0.15, 0.2) is 48.5 Å². The number of ether oxygens (including phenoxy) is 3. The van der Waals surface area contributed by atoms with E-state index >= 15 is 0 Å². The van der Waals surface area contributed by atoms with Crippen LogP contribution in [-0.2, 0) is 14.3 Å². The number of carbonyl (C=O) groups is 3. The Morgan fingerprint density at radius 1 is 1.09 bits per heavy atom. The molecule has 8 nitrogen and oxygen atoms in total. The van der Waals surface area contributed by atoms with Crippen molar-refractivity contribution < 1.29 is 28.6 Å². The number of hydrogen-bond acceptors (Lipinski definition) is 7. The lowest BCUT2D eigenvalue weighted by atomic mass is 10.1. The summed E-state index contributed by atoms with van der Waals surface area (Å²) in [4.78, 5) is 35.8. The van der Waals surface area contributed by atoms with Gasteiger partial charge in [0.25, 0.3) is 0 Å². The fraction of sp³-hybridized carbons (Fsp3) is 0.250. The van der Waals surface area contributed by atoms with Crippen LogP contribution in [0.5, 0.6) is 11.5 Å². The van der Waals surface area contributed by atoms with E-state index in [0.29, 0.717) is 34.7 Å². The van der Waals surface area contributed by atoms with Crippen molar-refractivity contribution in [3.63, 3.8) is 0 Å². The molecule has 0 aliphatic heterocycles. The molecule has 0 atom stereocenters. The van der Waals surface area contributed by atoms with E-state index < -0.39 is 12.6 Å². The van der Waals surface area contributed by atoms with Crippen LogP contribution in [0.4, 0.5) is 5.69 Å². The molecule has 0 unspecified atom stereocenters. The quantitative estimate of drug-likeness (QED) is 0.324. The van der Waals surface area contributed by atoms with Crippen molar-refractivity contribution >= 4 is 29.4 Å². The van der Waals surface area contributed by atoms with Gasteiger partial charge in [-0.3, -0.25) is 9.59 Å². The third-order valence-electron chi connectivity index (χ3n) is 4.20. The highest BCUT2D eigenvalue weighted by molar-refractivity contribution is 5.99. The average Bonchev–Trinajstić information content (AvgIpc) is 2.80. The van der Waals surface area contributed by atoms with Crippen LogP contribution in [0, 0.1) is 11.3 Å². The van der Waals surface area contributed by atoms with E-state index in [9.17, 15) is 14.4 Å². The molecule has 0 heterocycles. The topological polar surface area (TPSA) is 115 Å². The van der Waals surface area contributed by atoms with Gasteiger partial charge in [-0.1, -0.05) is 13.0 Å². The van der Waals surface area contributed by atoms with Gasteiger partial charge in [-0.25, -0.2) is 4.79 Å². The van der Waals surface area contributed by atoms with Crippen molar-refractivity contribution in [3.8, 4) is 17.6 Å². The van der Waals surface area contributed by atoms with Crippen LogP contribution < -0.4 is 14.8 Å². The molecule has 2 aromatic carbocycles. The number of nitrogens with one attached hydrogen (secondary N) is 1. The number of methoxy groups -OCH3 is 1. The molecule has 0 radical (unpaired) electrons. The van der Waals surface area contributed by atoms with Crippen LogP contribution >= 0.6 is 0 Å². The molecule has 0 bridgehead atoms. The number of nitrogens with zero attached hydrogens (tertiary/aromatic N) is 1. The Morgan fingerprint density at radius 3 is 2.50 bits per heavy atom. The molecular weight excluding hydrogens is 412 g/mol. The van der Waals surface area contributed by atoms with Crippen molar-refractivity contribution in [3.05, 3.63) is 59.7 Å². The summed E-state index contributed by atoms with van der Waals surface area (Å²) in [6.07, 6.45) is 3.88. The summed E-state index contributed by atoms with van der Waals surface area (Å²) in [5.74, 6) is -0.297. The molecule has 1 amide bonds. The lowest BCUT2D eigenvalue weighted by Gasteiger charge is -2.08. The maximum atomic E-state index is 12.2. The predicted molar refractivity (Wildman–Crippen MR) is 118 cm³/mol. The summed E-state index contributed by atoms with van der Waals surface area (Å²) in [6, 6.07) is 13.2. The van der Waals surface area contributed by atoms with Crippen LogP contribution in [0.25, 0.3) is 6.08 Å². The molecule has 1 N–H and O–H groups in total. The third kappa shape index (κ3) is 7.61. The Labute approximate surface area is 186 Å². The molecule has 0 saturated heterocycles. The maximum absolute atomic E-state index is 12.2. The van der Waals surface area contributed by atoms with Crippen molar-refractivity contribution in [2.45, 2.75) is 19.8 Å². The van der Waals surface area contributed by atoms with E-state index in [4.69, 9.17) is 19.5 Å². The second kappa shape index (κ2) is 12.5. The van der Waals surface area contributed by atoms with Crippen molar-refractivity contribution in [1.82, 2.24) is 0 Å². The highest BCUT2D eigenvalue weighted by Crippen LogP contribution is 2.28. The molecular formula is C24H24N2O6. The van der Waals surface area contributed by atoms with Gasteiger partial charge in [-0.05, 0) is 54.5 Å². The number of hydrogen-bond donors (Lipinski definition) is 1. The first-order valence-electron chi connectivity index (χ1n) is 9.92. The first-order chi connectivity index (χ1) is 15.5. The van der Waals surface area contributed by atoms with Gasteiger partial charge >= 0.3 is 5.97 Å². The zero-order valence-electron chi connectivity index (χ0n) is 17.9. The fourth-order valence-corrected chi connectivity index (χ4v) is 2.64. The van der Waals surface area contributed by atoms with Gasteiger partial charge < -0.3 is 19.5 Å². The second-order valence-electron chi connectivity index (χ2n) is 6.60. The van der Waals surface area contributed by atoms with Crippen LogP contribution in [0.3, 0.4) is 0 Å². The number of nitriles is 1. The lowest BCUT2D eigenvalue weighted by Crippen LogP contribution is -2.13. The first kappa shape index (κ1) is 24.2. The largest absolute Gasteiger partial charge is 0.493 e. The Morgan fingerprint density at radius 2 is 1.84 bits per heavy atom. The zero-order valence-corrected chi connectivity index (χ0v) is 17.9. The molecule has 2 rings (SSSR count). The summed E-state index contributed by atoms with van der Waals surface area (Å²) in [7, 11) is 1.47. The number of ketones is 1. The Bertz CT molecular complexity index is 1020. The molecule has 0 fully saturated rings. The van der Waals surface area contributed by atoms with Crippen LogP contribution in [0.1, 0.15) is 35.7 Å². The molecule has 0 spiro atoms. The van der Waals surface area contributed by atoms with E-state index in [2.05, 4.69) is 5.32 Å². The number of carbonyl (C=O) groups excluding carboxylic acids is 3. The highest BCUT2D eigenvalue weighted by atomic mass is 16.5. The fourth-order valence-electron chi connectivity index (χ4n) is 2.64. The lowest BCUT2D eigenvalue weighted by molar-refractivity contribution is -0.136. The molecule has 0 aliphatic rings. The Kier molecular flexibility index (Phi) is 9.47. The molecule has 166 valence electrons. The summed E-state index contributed by atoms with van der Waals surface area (Å²) in [6.45, 7) is 1.40. The minimum absolute atomic E-state index is 0.0887. The van der Waals surface area contributed by atoms with Crippen LogP contribution in [-0.4, -0.2) is 38.0 Å². The minimum atomic E-state index is -0.675. The number of rotatable bonds is 11. The monoisotopic (exact) mass is 436 g/mol. The standard InChI is InChI=1S/C24H24N2O6/c1-3-4-23(28)26-19-9-7-18(8-10-19)20(27)16-32-24(29)12-6-17-5-11-21(31-14-13-25)22(15-17)30-2/h5-12,15H,3-4,14,16H2,1-2H3,(H,26,28)/b12-6+. The van der Waals surface area contributed by atoms with E-state index in [1.165, 1.54) is 19.3 Å². The van der Waals surface area contributed by atoms with Gasteiger partial charge in [0.15, 0.2) is 30.5 Å². The van der Waals surface area contributed by atoms with E-state index in [1.807, 2.05) is 13.0 Å². The predicted octanol–water partition coefficient (Wildman–Crippen LogP) is 3.78.